The van der Waals surface area contributed by atoms with Gasteiger partial charge in [-0.3, -0.25) is 0 Å². The summed E-state index contributed by atoms with van der Waals surface area (Å²) < 4.78 is 12.1. The molecule has 0 spiro atoms. The Kier molecular flexibility index (Phi) is 5.16. The summed E-state index contributed by atoms with van der Waals surface area (Å²) in [6.45, 7) is 5.03. The van der Waals surface area contributed by atoms with Crippen LogP contribution >= 0.6 is 11.8 Å². The lowest BCUT2D eigenvalue weighted by Crippen LogP contribution is -2.04. The molecular formula is C12H16N4O3S. The third-order valence-electron chi connectivity index (χ3n) is 2.46. The normalized spacial score (nSPS) is 10.7. The fourth-order valence-electron chi connectivity index (χ4n) is 1.59. The van der Waals surface area contributed by atoms with Gasteiger partial charge in [-0.15, -0.1) is 5.10 Å². The van der Waals surface area contributed by atoms with Gasteiger partial charge < -0.3 is 13.7 Å². The van der Waals surface area contributed by atoms with E-state index in [1.165, 1.54) is 11.8 Å². The maximum absolute atomic E-state index is 11.4. The van der Waals surface area contributed by atoms with E-state index in [-0.39, 0.29) is 12.5 Å². The smallest absolute Gasteiger partial charge is 0.396 e. The molecule has 0 aliphatic heterocycles. The predicted octanol–water partition coefficient (Wildman–Crippen LogP) is 2.15. The van der Waals surface area contributed by atoms with E-state index in [4.69, 9.17) is 9.15 Å². The van der Waals surface area contributed by atoms with Crippen molar-refractivity contribution in [3.63, 3.8) is 0 Å². The zero-order valence-electron chi connectivity index (χ0n) is 11.4. The maximum Gasteiger partial charge on any atom is 0.396 e. The van der Waals surface area contributed by atoms with Gasteiger partial charge in [0.1, 0.15) is 0 Å². The van der Waals surface area contributed by atoms with E-state index in [0.717, 1.165) is 18.7 Å². The lowest BCUT2D eigenvalue weighted by molar-refractivity contribution is 0.0475. The summed E-state index contributed by atoms with van der Waals surface area (Å²) in [6, 6.07) is 0. The summed E-state index contributed by atoms with van der Waals surface area (Å²) in [4.78, 5) is 15.5. The summed E-state index contributed by atoms with van der Waals surface area (Å²) in [6.07, 6.45) is 4.66. The van der Waals surface area contributed by atoms with Crippen molar-refractivity contribution in [2.45, 2.75) is 37.8 Å². The zero-order chi connectivity index (χ0) is 14.4. The number of rotatable bonds is 7. The average molecular weight is 296 g/mol. The summed E-state index contributed by atoms with van der Waals surface area (Å²) >= 11 is 1.37. The van der Waals surface area contributed by atoms with E-state index in [1.54, 1.807) is 13.3 Å². The van der Waals surface area contributed by atoms with Crippen LogP contribution in [0.15, 0.2) is 22.2 Å². The van der Waals surface area contributed by atoms with Crippen molar-refractivity contribution in [1.29, 1.82) is 0 Å². The molecule has 2 aromatic heterocycles. The minimum atomic E-state index is -0.595. The van der Waals surface area contributed by atoms with Crippen LogP contribution in [0.2, 0.25) is 0 Å². The molecule has 0 aromatic carbocycles. The van der Waals surface area contributed by atoms with Gasteiger partial charge in [0, 0.05) is 24.2 Å². The first-order valence-corrected chi connectivity index (χ1v) is 7.35. The number of esters is 1. The van der Waals surface area contributed by atoms with Crippen molar-refractivity contribution in [2.24, 2.45) is 0 Å². The largest absolute Gasteiger partial charge is 0.459 e. The number of hydrogen-bond donors (Lipinski definition) is 0. The van der Waals surface area contributed by atoms with Gasteiger partial charge in [-0.2, -0.15) is 0 Å². The van der Waals surface area contributed by atoms with Gasteiger partial charge in [-0.05, 0) is 13.3 Å². The van der Waals surface area contributed by atoms with Crippen LogP contribution in [0, 0.1) is 0 Å². The van der Waals surface area contributed by atoms with Crippen LogP contribution in [0.3, 0.4) is 0 Å². The van der Waals surface area contributed by atoms with Gasteiger partial charge in [0.25, 0.3) is 5.22 Å². The van der Waals surface area contributed by atoms with E-state index >= 15 is 0 Å². The number of carbonyl (C=O) groups excluding carboxylic acids is 1. The number of nitrogens with zero attached hydrogens (tertiary/aromatic N) is 4. The highest BCUT2D eigenvalue weighted by Gasteiger charge is 2.16. The molecule has 108 valence electrons. The van der Waals surface area contributed by atoms with Gasteiger partial charge in [-0.1, -0.05) is 23.8 Å². The highest BCUT2D eigenvalue weighted by atomic mass is 32.2. The van der Waals surface area contributed by atoms with Gasteiger partial charge in [0.05, 0.1) is 12.9 Å². The Balaban J connectivity index is 1.94. The molecule has 0 saturated heterocycles. The average Bonchev–Trinajstić information content (AvgIpc) is 3.06. The SMILES string of the molecule is CCCn1cncc1CSc1nnc(C(=O)OCC)o1. The molecule has 2 rings (SSSR count). The molecule has 0 fully saturated rings. The van der Waals surface area contributed by atoms with Crippen LogP contribution in [-0.2, 0) is 17.0 Å². The monoisotopic (exact) mass is 296 g/mol. The number of imidazole rings is 1. The quantitative estimate of drug-likeness (QED) is 0.571. The molecule has 0 radical (unpaired) electrons. The second-order valence-electron chi connectivity index (χ2n) is 3.96. The molecule has 2 heterocycles. The van der Waals surface area contributed by atoms with Crippen molar-refractivity contribution in [3.8, 4) is 0 Å². The Bertz CT molecular complexity index is 567. The van der Waals surface area contributed by atoms with E-state index < -0.39 is 5.97 Å². The molecule has 0 saturated carbocycles. The Morgan fingerprint density at radius 2 is 2.30 bits per heavy atom. The maximum atomic E-state index is 11.4. The van der Waals surface area contributed by atoms with Crippen molar-refractivity contribution >= 4 is 17.7 Å². The van der Waals surface area contributed by atoms with Gasteiger partial charge in [0.2, 0.25) is 0 Å². The molecule has 0 amide bonds. The molecule has 8 heteroatoms. The molecule has 0 atom stereocenters. The lowest BCUT2D eigenvalue weighted by atomic mass is 10.4. The predicted molar refractivity (Wildman–Crippen MR) is 72.3 cm³/mol. The van der Waals surface area contributed by atoms with Crippen LogP contribution in [-0.4, -0.2) is 32.3 Å². The van der Waals surface area contributed by atoms with Crippen molar-refractivity contribution in [2.75, 3.05) is 6.61 Å². The second-order valence-corrected chi connectivity index (χ2v) is 4.89. The van der Waals surface area contributed by atoms with Crippen LogP contribution in [0.1, 0.15) is 36.6 Å². The van der Waals surface area contributed by atoms with E-state index in [9.17, 15) is 4.79 Å². The van der Waals surface area contributed by atoms with Crippen molar-refractivity contribution < 1.29 is 13.9 Å². The second kappa shape index (κ2) is 7.09. The Morgan fingerprint density at radius 3 is 3.05 bits per heavy atom. The minimum absolute atomic E-state index is 0.114. The third kappa shape index (κ3) is 3.60. The molecular weight excluding hydrogens is 280 g/mol. The van der Waals surface area contributed by atoms with Crippen molar-refractivity contribution in [1.82, 2.24) is 19.7 Å². The fourth-order valence-corrected chi connectivity index (χ4v) is 2.34. The van der Waals surface area contributed by atoms with E-state index in [0.29, 0.717) is 11.0 Å². The molecule has 2 aromatic rings. The number of carbonyl (C=O) groups is 1. The van der Waals surface area contributed by atoms with E-state index in [2.05, 4.69) is 26.7 Å². The molecule has 0 aliphatic carbocycles. The minimum Gasteiger partial charge on any atom is -0.459 e. The van der Waals surface area contributed by atoms with Gasteiger partial charge in [0.15, 0.2) is 0 Å². The molecule has 7 nitrogen and oxygen atoms in total. The summed E-state index contributed by atoms with van der Waals surface area (Å²) in [5.74, 6) is -0.0518. The number of aromatic nitrogens is 4. The Hall–Kier alpha value is -1.83. The van der Waals surface area contributed by atoms with Crippen molar-refractivity contribution in [3.05, 3.63) is 24.1 Å². The first-order chi connectivity index (χ1) is 9.74. The number of ether oxygens (including phenoxy) is 1. The number of hydrogen-bond acceptors (Lipinski definition) is 7. The molecule has 0 aliphatic rings. The van der Waals surface area contributed by atoms with Crippen LogP contribution in [0.25, 0.3) is 0 Å². The zero-order valence-corrected chi connectivity index (χ0v) is 12.2. The highest BCUT2D eigenvalue weighted by molar-refractivity contribution is 7.98. The highest BCUT2D eigenvalue weighted by Crippen LogP contribution is 2.21. The molecule has 20 heavy (non-hydrogen) atoms. The molecule has 0 N–H and O–H groups in total. The Labute approximate surface area is 120 Å². The lowest BCUT2D eigenvalue weighted by Gasteiger charge is -2.04. The van der Waals surface area contributed by atoms with Crippen LogP contribution < -0.4 is 0 Å². The van der Waals surface area contributed by atoms with Gasteiger partial charge in [-0.25, -0.2) is 9.78 Å². The standard InChI is InChI=1S/C12H16N4O3S/c1-3-5-16-8-13-6-9(16)7-20-12-15-14-10(19-12)11(17)18-4-2/h6,8H,3-5,7H2,1-2H3. The number of aryl methyl sites for hydroxylation is 1. The fraction of sp³-hybridized carbons (Fsp3) is 0.500. The van der Waals surface area contributed by atoms with Gasteiger partial charge >= 0.3 is 11.9 Å². The third-order valence-corrected chi connectivity index (χ3v) is 3.32. The van der Waals surface area contributed by atoms with E-state index in [1.807, 2.05) is 6.20 Å². The summed E-state index contributed by atoms with van der Waals surface area (Å²) in [5.41, 5.74) is 1.08. The Morgan fingerprint density at radius 1 is 1.45 bits per heavy atom. The first-order valence-electron chi connectivity index (χ1n) is 6.37. The molecule has 0 bridgehead atoms. The molecule has 0 unspecified atom stereocenters. The van der Waals surface area contributed by atoms with Crippen LogP contribution in [0.4, 0.5) is 0 Å². The summed E-state index contributed by atoms with van der Waals surface area (Å²) in [7, 11) is 0. The summed E-state index contributed by atoms with van der Waals surface area (Å²) in [5, 5.41) is 7.81. The topological polar surface area (TPSA) is 83.0 Å². The number of thioether (sulfide) groups is 1. The van der Waals surface area contributed by atoms with Crippen LogP contribution in [0.5, 0.6) is 0 Å². The first kappa shape index (κ1) is 14.6.